The third-order valence-electron chi connectivity index (χ3n) is 8.66. The van der Waals surface area contributed by atoms with Crippen molar-refractivity contribution in [3.63, 3.8) is 0 Å². The first-order chi connectivity index (χ1) is 19.1. The number of carbonyl (C=O) groups is 1. The van der Waals surface area contributed by atoms with Crippen LogP contribution >= 0.6 is 0 Å². The molecule has 0 amide bonds. The highest BCUT2D eigenvalue weighted by Crippen LogP contribution is 2.34. The minimum atomic E-state index is -0.954. The quantitative estimate of drug-likeness (QED) is 0.106. The fraction of sp³-hybridized carbons (Fsp3) is 0.750. The predicted molar refractivity (Wildman–Crippen MR) is 168 cm³/mol. The molecule has 1 N–H and O–H groups in total. The van der Waals surface area contributed by atoms with E-state index >= 15 is 0 Å². The van der Waals surface area contributed by atoms with Crippen molar-refractivity contribution < 1.29 is 19.7 Å². The summed E-state index contributed by atoms with van der Waals surface area (Å²) in [4.78, 5) is 10.8. The molecule has 0 aromatic heterocycles. The third kappa shape index (κ3) is 15.3. The van der Waals surface area contributed by atoms with E-state index in [2.05, 4.69) is 53.7 Å². The van der Waals surface area contributed by atoms with E-state index in [4.69, 9.17) is 4.74 Å². The lowest BCUT2D eigenvalue weighted by Gasteiger charge is -2.29. The molecule has 0 saturated carbocycles. The Hall–Kier alpha value is -1.81. The van der Waals surface area contributed by atoms with Crippen molar-refractivity contribution in [3.05, 3.63) is 46.3 Å². The van der Waals surface area contributed by atoms with Crippen LogP contribution in [0.25, 0.3) is 0 Å². The highest BCUT2D eigenvalue weighted by Gasteiger charge is 2.26. The van der Waals surface area contributed by atoms with E-state index < -0.39 is 12.1 Å². The number of aliphatic hydroxyl groups is 1. The number of hydrogen-bond donors (Lipinski definition) is 1. The number of rotatable bonds is 22. The fourth-order valence-corrected chi connectivity index (χ4v) is 5.31. The molecule has 40 heavy (non-hydrogen) atoms. The van der Waals surface area contributed by atoms with Crippen molar-refractivity contribution in [1.29, 1.82) is 0 Å². The van der Waals surface area contributed by atoms with E-state index in [0.717, 1.165) is 63.7 Å². The van der Waals surface area contributed by atoms with Crippen LogP contribution < -0.4 is 5.11 Å². The minimum absolute atomic E-state index is 0.117. The summed E-state index contributed by atoms with van der Waals surface area (Å²) < 4.78 is 6.33. The number of aliphatic hydroxyl groups excluding tert-OH is 1. The van der Waals surface area contributed by atoms with Gasteiger partial charge in [-0.1, -0.05) is 83.1 Å². The van der Waals surface area contributed by atoms with Gasteiger partial charge in [-0.05, 0) is 114 Å². The van der Waals surface area contributed by atoms with Gasteiger partial charge in [-0.15, -0.1) is 0 Å². The molecular weight excluding hydrogens is 496 g/mol. The van der Waals surface area contributed by atoms with Crippen LogP contribution in [0.3, 0.4) is 0 Å². The normalized spacial score (nSPS) is 19.9. The maximum absolute atomic E-state index is 10.8. The second-order valence-corrected chi connectivity index (χ2v) is 12.6. The standard InChI is InChI=1S/C36H62O4/c1-8-9-10-11-12-13-25-40-35-32(7)31(6)34(37)26-33(35)24-23-29(4)20-15-19-27(2)17-14-18-28(3)21-16-22-30(5)36(38)39/h19,21,26,29-31,34,37H,8-18,20,22-25H2,1-7H3,(H,38,39)/p-1/b27-19+,28-21+. The molecule has 1 aliphatic rings. The summed E-state index contributed by atoms with van der Waals surface area (Å²) >= 11 is 0. The molecule has 0 radical (unpaired) electrons. The first-order valence-corrected chi connectivity index (χ1v) is 16.3. The Labute approximate surface area is 247 Å². The molecule has 0 bridgehead atoms. The zero-order valence-corrected chi connectivity index (χ0v) is 27.0. The molecular formula is C36H61O4-. The van der Waals surface area contributed by atoms with Crippen molar-refractivity contribution in [2.24, 2.45) is 17.8 Å². The van der Waals surface area contributed by atoms with Gasteiger partial charge in [-0.3, -0.25) is 0 Å². The SMILES string of the molecule is CCCCCCCCOC1=C(C)C(C)C(O)C=C1CCC(C)CC/C=C(\C)CCC/C(C)=C/CCC(C)C(=O)[O-]. The number of hydrogen-bond acceptors (Lipinski definition) is 4. The molecule has 0 saturated heterocycles. The van der Waals surface area contributed by atoms with Crippen molar-refractivity contribution in [2.45, 2.75) is 151 Å². The number of aliphatic carboxylic acids is 1. The van der Waals surface area contributed by atoms with Crippen molar-refractivity contribution in [1.82, 2.24) is 0 Å². The van der Waals surface area contributed by atoms with Gasteiger partial charge in [0.25, 0.3) is 0 Å². The van der Waals surface area contributed by atoms with Crippen LogP contribution in [-0.2, 0) is 9.53 Å². The van der Waals surface area contributed by atoms with Crippen LogP contribution in [0.5, 0.6) is 0 Å². The van der Waals surface area contributed by atoms with Gasteiger partial charge in [-0.25, -0.2) is 0 Å². The Balaban J connectivity index is 2.40. The van der Waals surface area contributed by atoms with Gasteiger partial charge in [0.2, 0.25) is 0 Å². The molecule has 230 valence electrons. The second kappa shape index (κ2) is 21.0. The zero-order chi connectivity index (χ0) is 29.9. The Morgan fingerprint density at radius 1 is 0.975 bits per heavy atom. The third-order valence-corrected chi connectivity index (χ3v) is 8.66. The summed E-state index contributed by atoms with van der Waals surface area (Å²) in [6, 6.07) is 0. The van der Waals surface area contributed by atoms with Gasteiger partial charge < -0.3 is 19.7 Å². The molecule has 1 rings (SSSR count). The molecule has 4 atom stereocenters. The van der Waals surface area contributed by atoms with Crippen LogP contribution in [0.2, 0.25) is 0 Å². The Kier molecular flexibility index (Phi) is 19.0. The summed E-state index contributed by atoms with van der Waals surface area (Å²) in [7, 11) is 0. The molecule has 0 aromatic rings. The lowest BCUT2D eigenvalue weighted by molar-refractivity contribution is -0.311. The van der Waals surface area contributed by atoms with Crippen LogP contribution in [-0.4, -0.2) is 23.8 Å². The first-order valence-electron chi connectivity index (χ1n) is 16.3. The van der Waals surface area contributed by atoms with Crippen LogP contribution in [0.15, 0.2) is 46.3 Å². The van der Waals surface area contributed by atoms with E-state index in [1.807, 2.05) is 6.08 Å². The largest absolute Gasteiger partial charge is 0.550 e. The average Bonchev–Trinajstić information content (AvgIpc) is 2.91. The Morgan fingerprint density at radius 2 is 1.57 bits per heavy atom. The molecule has 0 aliphatic heterocycles. The lowest BCUT2D eigenvalue weighted by Crippen LogP contribution is -2.29. The Morgan fingerprint density at radius 3 is 2.20 bits per heavy atom. The highest BCUT2D eigenvalue weighted by molar-refractivity contribution is 5.66. The second-order valence-electron chi connectivity index (χ2n) is 12.6. The van der Waals surface area contributed by atoms with Crippen LogP contribution in [0.4, 0.5) is 0 Å². The van der Waals surface area contributed by atoms with Gasteiger partial charge in [0.1, 0.15) is 5.76 Å². The van der Waals surface area contributed by atoms with E-state index in [9.17, 15) is 15.0 Å². The van der Waals surface area contributed by atoms with Gasteiger partial charge in [-0.2, -0.15) is 0 Å². The average molecular weight is 558 g/mol. The lowest BCUT2D eigenvalue weighted by atomic mass is 9.84. The molecule has 4 nitrogen and oxygen atoms in total. The summed E-state index contributed by atoms with van der Waals surface area (Å²) in [6.45, 7) is 15.7. The topological polar surface area (TPSA) is 69.6 Å². The zero-order valence-electron chi connectivity index (χ0n) is 27.0. The summed E-state index contributed by atoms with van der Waals surface area (Å²) in [5.74, 6) is 0.454. The molecule has 0 spiro atoms. The van der Waals surface area contributed by atoms with Gasteiger partial charge in [0, 0.05) is 11.9 Å². The number of ether oxygens (including phenoxy) is 1. The number of carboxylic acids is 1. The molecule has 0 heterocycles. The predicted octanol–water partition coefficient (Wildman–Crippen LogP) is 9.00. The fourth-order valence-electron chi connectivity index (χ4n) is 5.31. The van der Waals surface area contributed by atoms with E-state index in [1.54, 1.807) is 6.92 Å². The van der Waals surface area contributed by atoms with Crippen LogP contribution in [0.1, 0.15) is 145 Å². The highest BCUT2D eigenvalue weighted by atomic mass is 16.5. The molecule has 4 heteroatoms. The number of carbonyl (C=O) groups excluding carboxylic acids is 1. The van der Waals surface area contributed by atoms with Crippen molar-refractivity contribution in [2.75, 3.05) is 6.61 Å². The summed E-state index contributed by atoms with van der Waals surface area (Å²) in [5, 5.41) is 21.4. The smallest absolute Gasteiger partial charge is 0.121 e. The Bertz CT molecular complexity index is 847. The van der Waals surface area contributed by atoms with Crippen molar-refractivity contribution in [3.8, 4) is 0 Å². The number of allylic oxidation sites excluding steroid dienone is 5. The monoisotopic (exact) mass is 557 g/mol. The molecule has 1 aliphatic carbocycles. The maximum Gasteiger partial charge on any atom is 0.121 e. The molecule has 0 aromatic carbocycles. The molecule has 0 fully saturated rings. The maximum atomic E-state index is 10.8. The molecule has 4 unspecified atom stereocenters. The summed E-state index contributed by atoms with van der Waals surface area (Å²) in [6.07, 6.45) is 22.9. The summed E-state index contributed by atoms with van der Waals surface area (Å²) in [5.41, 5.74) is 5.20. The van der Waals surface area contributed by atoms with Crippen LogP contribution in [0, 0.1) is 17.8 Å². The number of unbranched alkanes of at least 4 members (excludes halogenated alkanes) is 5. The van der Waals surface area contributed by atoms with Gasteiger partial charge in [0.05, 0.1) is 12.7 Å². The van der Waals surface area contributed by atoms with E-state index in [1.165, 1.54) is 60.8 Å². The number of carboxylic acid groups (broad SMARTS) is 1. The van der Waals surface area contributed by atoms with Gasteiger partial charge >= 0.3 is 0 Å². The minimum Gasteiger partial charge on any atom is -0.550 e. The van der Waals surface area contributed by atoms with Crippen molar-refractivity contribution >= 4 is 5.97 Å². The van der Waals surface area contributed by atoms with E-state index in [0.29, 0.717) is 12.3 Å². The van der Waals surface area contributed by atoms with Gasteiger partial charge in [0.15, 0.2) is 0 Å². The van der Waals surface area contributed by atoms with E-state index in [-0.39, 0.29) is 11.8 Å². The first kappa shape index (κ1) is 36.2.